The number of nitrogens with zero attached hydrogens (tertiary/aromatic N) is 6. The molecule has 0 amide bonds. The molecule has 3 aromatic rings. The molecule has 1 fully saturated rings. The maximum absolute atomic E-state index is 9.84. The molecule has 130 valence electrons. The van der Waals surface area contributed by atoms with Gasteiger partial charge in [-0.05, 0) is 24.6 Å². The van der Waals surface area contributed by atoms with E-state index < -0.39 is 0 Å². The summed E-state index contributed by atoms with van der Waals surface area (Å²) in [5.74, 6) is 2.19. The average molecular weight is 340 g/mol. The second kappa shape index (κ2) is 6.29. The van der Waals surface area contributed by atoms with Crippen molar-refractivity contribution in [2.24, 2.45) is 13.0 Å². The summed E-state index contributed by atoms with van der Waals surface area (Å²) in [5, 5.41) is 18.0. The molecule has 0 aliphatic carbocycles. The zero-order valence-corrected chi connectivity index (χ0v) is 14.2. The molecule has 0 spiro atoms. The van der Waals surface area contributed by atoms with E-state index in [1.807, 2.05) is 31.6 Å². The van der Waals surface area contributed by atoms with Crippen molar-refractivity contribution < 1.29 is 9.63 Å². The molecule has 0 unspecified atom stereocenters. The van der Waals surface area contributed by atoms with E-state index in [-0.39, 0.29) is 18.4 Å². The number of hydrogen-bond donors (Lipinski definition) is 1. The number of rotatable bonds is 4. The molecule has 0 bridgehead atoms. The first-order valence-electron chi connectivity index (χ1n) is 8.25. The molecule has 4 heterocycles. The van der Waals surface area contributed by atoms with Crippen LogP contribution in [0.1, 0.15) is 17.3 Å². The van der Waals surface area contributed by atoms with Crippen LogP contribution in [0.3, 0.4) is 0 Å². The van der Waals surface area contributed by atoms with Crippen molar-refractivity contribution in [1.82, 2.24) is 24.9 Å². The highest BCUT2D eigenvalue weighted by atomic mass is 16.5. The van der Waals surface area contributed by atoms with Gasteiger partial charge in [-0.15, -0.1) is 0 Å². The third kappa shape index (κ3) is 2.89. The number of anilines is 1. The summed E-state index contributed by atoms with van der Waals surface area (Å²) in [6.07, 6.45) is 5.64. The zero-order chi connectivity index (χ0) is 17.4. The van der Waals surface area contributed by atoms with Crippen LogP contribution in [0.4, 0.5) is 5.82 Å². The highest BCUT2D eigenvalue weighted by Gasteiger charge is 2.36. The van der Waals surface area contributed by atoms with Crippen molar-refractivity contribution in [1.29, 1.82) is 0 Å². The Morgan fingerprint density at radius 3 is 2.92 bits per heavy atom. The molecule has 1 N–H and O–H groups in total. The molecule has 25 heavy (non-hydrogen) atoms. The van der Waals surface area contributed by atoms with Crippen LogP contribution < -0.4 is 4.90 Å². The molecule has 3 aromatic heterocycles. The molecule has 0 radical (unpaired) electrons. The van der Waals surface area contributed by atoms with E-state index in [2.05, 4.69) is 25.1 Å². The fraction of sp³-hybridized carbons (Fsp3) is 0.412. The lowest BCUT2D eigenvalue weighted by molar-refractivity contribution is 0.227. The van der Waals surface area contributed by atoms with Gasteiger partial charge in [-0.3, -0.25) is 4.68 Å². The third-order valence-corrected chi connectivity index (χ3v) is 4.67. The number of aromatic nitrogens is 5. The average Bonchev–Trinajstić information content (AvgIpc) is 3.34. The molecule has 2 atom stereocenters. The molecule has 8 nitrogen and oxygen atoms in total. The fourth-order valence-electron chi connectivity index (χ4n) is 3.46. The van der Waals surface area contributed by atoms with Crippen molar-refractivity contribution in [3.8, 4) is 11.5 Å². The lowest BCUT2D eigenvalue weighted by atomic mass is 9.92. The molecular weight excluding hydrogens is 320 g/mol. The van der Waals surface area contributed by atoms with Gasteiger partial charge in [0, 0.05) is 51.0 Å². The van der Waals surface area contributed by atoms with Gasteiger partial charge in [0.1, 0.15) is 5.82 Å². The van der Waals surface area contributed by atoms with Crippen LogP contribution in [0.5, 0.6) is 0 Å². The standard InChI is InChI=1S/C17H20N6O2/c1-11-20-17(25-21-11)14-4-3-5-18-16(14)23-8-13(10-24)15(9-23)12-6-19-22(2)7-12/h3-7,13,15,24H,8-10H2,1-2H3/t13-,15-/m0/s1. The summed E-state index contributed by atoms with van der Waals surface area (Å²) < 4.78 is 7.12. The normalized spacial score (nSPS) is 20.4. The van der Waals surface area contributed by atoms with Crippen LogP contribution in [0, 0.1) is 12.8 Å². The number of aryl methyl sites for hydroxylation is 2. The maximum atomic E-state index is 9.84. The Bertz CT molecular complexity index is 873. The summed E-state index contributed by atoms with van der Waals surface area (Å²) in [6, 6.07) is 3.79. The van der Waals surface area contributed by atoms with Gasteiger partial charge in [-0.1, -0.05) is 5.16 Å². The van der Waals surface area contributed by atoms with Gasteiger partial charge in [-0.25, -0.2) is 4.98 Å². The lowest BCUT2D eigenvalue weighted by Crippen LogP contribution is -2.22. The molecule has 0 aromatic carbocycles. The fourth-order valence-corrected chi connectivity index (χ4v) is 3.46. The minimum Gasteiger partial charge on any atom is -0.396 e. The van der Waals surface area contributed by atoms with Crippen LogP contribution in [0.15, 0.2) is 35.2 Å². The first-order chi connectivity index (χ1) is 12.2. The van der Waals surface area contributed by atoms with Gasteiger partial charge < -0.3 is 14.5 Å². The molecule has 1 aliphatic rings. The Labute approximate surface area is 145 Å². The van der Waals surface area contributed by atoms with Crippen molar-refractivity contribution in [2.45, 2.75) is 12.8 Å². The lowest BCUT2D eigenvalue weighted by Gasteiger charge is -2.19. The topological polar surface area (TPSA) is 93.1 Å². The van der Waals surface area contributed by atoms with Crippen LogP contribution in [-0.4, -0.2) is 49.7 Å². The van der Waals surface area contributed by atoms with Gasteiger partial charge in [0.15, 0.2) is 5.82 Å². The summed E-state index contributed by atoms with van der Waals surface area (Å²) in [7, 11) is 1.90. The van der Waals surface area contributed by atoms with E-state index in [0.717, 1.165) is 23.5 Å². The van der Waals surface area contributed by atoms with Crippen molar-refractivity contribution in [3.05, 3.63) is 42.1 Å². The van der Waals surface area contributed by atoms with Crippen LogP contribution in [0.25, 0.3) is 11.5 Å². The van der Waals surface area contributed by atoms with Gasteiger partial charge in [-0.2, -0.15) is 10.1 Å². The molecule has 0 saturated carbocycles. The first-order valence-corrected chi connectivity index (χ1v) is 8.25. The minimum absolute atomic E-state index is 0.123. The van der Waals surface area contributed by atoms with E-state index >= 15 is 0 Å². The Kier molecular flexibility index (Phi) is 3.96. The minimum atomic E-state index is 0.123. The van der Waals surface area contributed by atoms with E-state index in [9.17, 15) is 5.11 Å². The summed E-state index contributed by atoms with van der Waals surface area (Å²) >= 11 is 0. The molecule has 1 aliphatic heterocycles. The smallest absolute Gasteiger partial charge is 0.261 e. The number of pyridine rings is 1. The van der Waals surface area contributed by atoms with Gasteiger partial charge in [0.05, 0.1) is 11.8 Å². The Morgan fingerprint density at radius 2 is 2.24 bits per heavy atom. The van der Waals surface area contributed by atoms with E-state index in [1.54, 1.807) is 17.8 Å². The van der Waals surface area contributed by atoms with E-state index in [0.29, 0.717) is 18.3 Å². The summed E-state index contributed by atoms with van der Waals surface area (Å²) in [4.78, 5) is 11.0. The highest BCUT2D eigenvalue weighted by Crippen LogP contribution is 2.37. The molecule has 8 heteroatoms. The largest absolute Gasteiger partial charge is 0.396 e. The van der Waals surface area contributed by atoms with E-state index in [4.69, 9.17) is 4.52 Å². The van der Waals surface area contributed by atoms with Gasteiger partial charge in [0.2, 0.25) is 0 Å². The quantitative estimate of drug-likeness (QED) is 0.767. The van der Waals surface area contributed by atoms with Gasteiger partial charge in [0.25, 0.3) is 5.89 Å². The number of aliphatic hydroxyl groups excluding tert-OH is 1. The Balaban J connectivity index is 1.67. The number of aliphatic hydroxyl groups is 1. The molecule has 4 rings (SSSR count). The van der Waals surface area contributed by atoms with Crippen molar-refractivity contribution in [2.75, 3.05) is 24.6 Å². The monoisotopic (exact) mass is 340 g/mol. The van der Waals surface area contributed by atoms with Crippen LogP contribution in [-0.2, 0) is 7.05 Å². The predicted molar refractivity (Wildman–Crippen MR) is 91.0 cm³/mol. The maximum Gasteiger partial charge on any atom is 0.261 e. The second-order valence-electron chi connectivity index (χ2n) is 6.42. The first kappa shape index (κ1) is 15.8. The number of hydrogen-bond acceptors (Lipinski definition) is 7. The SMILES string of the molecule is Cc1noc(-c2cccnc2N2C[C@@H](CO)[C@H](c3cnn(C)c3)C2)n1. The third-order valence-electron chi connectivity index (χ3n) is 4.67. The molecular formula is C17H20N6O2. The molecule has 1 saturated heterocycles. The summed E-state index contributed by atoms with van der Waals surface area (Å²) in [5.41, 5.74) is 1.95. The highest BCUT2D eigenvalue weighted by molar-refractivity contribution is 5.70. The van der Waals surface area contributed by atoms with Crippen LogP contribution in [0.2, 0.25) is 0 Å². The van der Waals surface area contributed by atoms with Crippen molar-refractivity contribution in [3.63, 3.8) is 0 Å². The Hall–Kier alpha value is -2.74. The van der Waals surface area contributed by atoms with Crippen LogP contribution >= 0.6 is 0 Å². The van der Waals surface area contributed by atoms with Gasteiger partial charge >= 0.3 is 0 Å². The Morgan fingerprint density at radius 1 is 1.36 bits per heavy atom. The van der Waals surface area contributed by atoms with E-state index in [1.165, 1.54) is 0 Å². The van der Waals surface area contributed by atoms with Crippen molar-refractivity contribution >= 4 is 5.82 Å². The summed E-state index contributed by atoms with van der Waals surface area (Å²) in [6.45, 7) is 3.39. The second-order valence-corrected chi connectivity index (χ2v) is 6.42. The zero-order valence-electron chi connectivity index (χ0n) is 14.2. The predicted octanol–water partition coefficient (Wildman–Crippen LogP) is 1.39.